The van der Waals surface area contributed by atoms with Crippen molar-refractivity contribution >= 4 is 13.5 Å². The van der Waals surface area contributed by atoms with Crippen molar-refractivity contribution in [3.8, 4) is 11.5 Å². The molecule has 1 aliphatic rings. The van der Waals surface area contributed by atoms with Crippen LogP contribution in [0, 0.1) is 0 Å². The van der Waals surface area contributed by atoms with Crippen LogP contribution in [0.3, 0.4) is 0 Å². The lowest BCUT2D eigenvalue weighted by Crippen LogP contribution is -2.46. The summed E-state index contributed by atoms with van der Waals surface area (Å²) in [6.45, 7) is 1.05. The highest BCUT2D eigenvalue weighted by Crippen LogP contribution is 2.57. The molecule has 1 saturated heterocycles. The van der Waals surface area contributed by atoms with Crippen molar-refractivity contribution in [1.82, 2.24) is 4.90 Å². The van der Waals surface area contributed by atoms with E-state index in [1.165, 1.54) is 0 Å². The maximum absolute atomic E-state index is 14.1. The molecule has 0 radical (unpaired) electrons. The Morgan fingerprint density at radius 3 is 2.13 bits per heavy atom. The van der Waals surface area contributed by atoms with Crippen LogP contribution in [0.4, 0.5) is 0 Å². The molecule has 3 rings (SSSR count). The zero-order valence-corrected chi connectivity index (χ0v) is 18.0. The lowest BCUT2D eigenvalue weighted by Gasteiger charge is -2.32. The van der Waals surface area contributed by atoms with Crippen molar-refractivity contribution < 1.29 is 18.4 Å². The molecule has 162 valence electrons. The summed E-state index contributed by atoms with van der Waals surface area (Å²) in [5.74, 6) is -0.0411. The Morgan fingerprint density at radius 1 is 1.03 bits per heavy atom. The Balaban J connectivity index is 1.84. The number of nitrogens with two attached hydrogens (primary N) is 2. The second-order valence-corrected chi connectivity index (χ2v) is 9.43. The molecule has 1 fully saturated rings. The summed E-state index contributed by atoms with van der Waals surface area (Å²) in [5.41, 5.74) is 11.7. The topological polar surface area (TPSA) is 108 Å². The van der Waals surface area contributed by atoms with Crippen LogP contribution in [0.2, 0.25) is 0 Å². The fraction of sp³-hybridized carbons (Fsp3) is 0.409. The van der Waals surface area contributed by atoms with Gasteiger partial charge >= 0.3 is 7.60 Å². The first kappa shape index (κ1) is 22.3. The van der Waals surface area contributed by atoms with E-state index in [9.17, 15) is 9.36 Å². The van der Waals surface area contributed by atoms with Crippen LogP contribution >= 0.6 is 7.60 Å². The molecule has 1 amide bonds. The van der Waals surface area contributed by atoms with E-state index in [4.69, 9.17) is 20.5 Å². The first-order chi connectivity index (χ1) is 14.5. The zero-order chi connectivity index (χ0) is 21.4. The van der Waals surface area contributed by atoms with Gasteiger partial charge in [-0.2, -0.15) is 0 Å². The largest absolute Gasteiger partial charge is 0.453 e. The van der Waals surface area contributed by atoms with Gasteiger partial charge in [0.05, 0.1) is 6.04 Å². The molecular formula is C22H30N3O4P. The number of unbranched alkanes of at least 4 members (excludes halogenated alkanes) is 1. The fourth-order valence-corrected chi connectivity index (χ4v) is 5.76. The van der Waals surface area contributed by atoms with Gasteiger partial charge < -0.3 is 25.4 Å². The highest BCUT2D eigenvalue weighted by atomic mass is 31.2. The van der Waals surface area contributed by atoms with Gasteiger partial charge in [-0.05, 0) is 56.5 Å². The predicted octanol–water partition coefficient (Wildman–Crippen LogP) is 3.74. The summed E-state index contributed by atoms with van der Waals surface area (Å²) in [6.07, 6.45) is 3.38. The van der Waals surface area contributed by atoms with E-state index < -0.39 is 19.4 Å². The van der Waals surface area contributed by atoms with Gasteiger partial charge in [-0.25, -0.2) is 4.57 Å². The monoisotopic (exact) mass is 431 g/mol. The normalized spacial score (nSPS) is 17.5. The Labute approximate surface area is 177 Å². The van der Waals surface area contributed by atoms with Crippen molar-refractivity contribution in [1.29, 1.82) is 0 Å². The lowest BCUT2D eigenvalue weighted by molar-refractivity contribution is -0.132. The minimum absolute atomic E-state index is 0.219. The van der Waals surface area contributed by atoms with E-state index >= 15 is 0 Å². The Morgan fingerprint density at radius 2 is 1.60 bits per heavy atom. The first-order valence-electron chi connectivity index (χ1n) is 10.4. The van der Waals surface area contributed by atoms with Gasteiger partial charge in [0.2, 0.25) is 5.91 Å². The standard InChI is InChI=1S/C22H30N3O4P/c23-16-8-7-14-20(24)22(26)25-17-9-15-21(25)30(27,28-18-10-3-1-4-11-18)29-19-12-5-2-6-13-19/h1-6,10-13,20-21H,7-9,14-17,23-24H2/t20-,21?/m0/s1. The van der Waals surface area contributed by atoms with E-state index in [0.29, 0.717) is 43.9 Å². The molecule has 4 N–H and O–H groups in total. The maximum Gasteiger partial charge on any atom is 0.453 e. The highest BCUT2D eigenvalue weighted by Gasteiger charge is 2.48. The molecule has 0 spiro atoms. The number of carbonyl (C=O) groups is 1. The molecule has 1 heterocycles. The Bertz CT molecular complexity index is 804. The molecule has 0 aliphatic carbocycles. The zero-order valence-electron chi connectivity index (χ0n) is 17.1. The number of rotatable bonds is 10. The summed E-state index contributed by atoms with van der Waals surface area (Å²) in [5, 5.41) is 0. The molecule has 0 aromatic heterocycles. The Hall–Kier alpha value is -2.34. The number of para-hydroxylation sites is 2. The maximum atomic E-state index is 14.1. The summed E-state index contributed by atoms with van der Waals surface area (Å²) < 4.78 is 25.9. The number of nitrogens with zero attached hydrogens (tertiary/aromatic N) is 1. The number of hydrogen-bond acceptors (Lipinski definition) is 6. The van der Waals surface area contributed by atoms with Gasteiger partial charge in [0.15, 0.2) is 5.78 Å². The van der Waals surface area contributed by atoms with Crippen LogP contribution in [0.5, 0.6) is 11.5 Å². The molecule has 2 atom stereocenters. The van der Waals surface area contributed by atoms with Crippen molar-refractivity contribution in [2.75, 3.05) is 13.1 Å². The van der Waals surface area contributed by atoms with Crippen molar-refractivity contribution in [2.24, 2.45) is 11.5 Å². The average Bonchev–Trinajstić information content (AvgIpc) is 3.25. The number of carbonyl (C=O) groups excluding carboxylic acids is 1. The van der Waals surface area contributed by atoms with Crippen LogP contribution in [0.25, 0.3) is 0 Å². The van der Waals surface area contributed by atoms with Crippen LogP contribution in [0.1, 0.15) is 32.1 Å². The summed E-state index contributed by atoms with van der Waals surface area (Å²) in [6, 6.07) is 17.1. The third-order valence-corrected chi connectivity index (χ3v) is 7.30. The molecule has 8 heteroatoms. The minimum atomic E-state index is -3.76. The molecule has 1 aliphatic heterocycles. The van der Waals surface area contributed by atoms with Gasteiger partial charge in [0.1, 0.15) is 11.5 Å². The molecule has 2 aromatic rings. The molecule has 7 nitrogen and oxygen atoms in total. The fourth-order valence-electron chi connectivity index (χ4n) is 3.58. The third-order valence-electron chi connectivity index (χ3n) is 5.11. The van der Waals surface area contributed by atoms with E-state index in [0.717, 1.165) is 12.8 Å². The van der Waals surface area contributed by atoms with E-state index in [-0.39, 0.29) is 5.91 Å². The van der Waals surface area contributed by atoms with E-state index in [2.05, 4.69) is 0 Å². The summed E-state index contributed by atoms with van der Waals surface area (Å²) >= 11 is 0. The van der Waals surface area contributed by atoms with Crippen LogP contribution < -0.4 is 20.5 Å². The van der Waals surface area contributed by atoms with Gasteiger partial charge in [-0.1, -0.05) is 42.8 Å². The third kappa shape index (κ3) is 5.63. The van der Waals surface area contributed by atoms with Gasteiger partial charge in [0.25, 0.3) is 0 Å². The van der Waals surface area contributed by atoms with Gasteiger partial charge in [-0.15, -0.1) is 0 Å². The molecule has 30 heavy (non-hydrogen) atoms. The molecule has 0 bridgehead atoms. The molecule has 1 unspecified atom stereocenters. The number of hydrogen-bond donors (Lipinski definition) is 2. The lowest BCUT2D eigenvalue weighted by atomic mass is 10.1. The second kappa shape index (κ2) is 10.6. The smallest absolute Gasteiger partial charge is 0.415 e. The van der Waals surface area contributed by atoms with Crippen LogP contribution in [-0.4, -0.2) is 35.7 Å². The first-order valence-corrected chi connectivity index (χ1v) is 12.0. The predicted molar refractivity (Wildman–Crippen MR) is 117 cm³/mol. The van der Waals surface area contributed by atoms with Crippen molar-refractivity contribution in [3.05, 3.63) is 60.7 Å². The van der Waals surface area contributed by atoms with E-state index in [1.54, 1.807) is 53.4 Å². The van der Waals surface area contributed by atoms with Crippen molar-refractivity contribution in [3.63, 3.8) is 0 Å². The van der Waals surface area contributed by atoms with Crippen molar-refractivity contribution in [2.45, 2.75) is 43.9 Å². The highest BCUT2D eigenvalue weighted by molar-refractivity contribution is 7.55. The SMILES string of the molecule is NCCCC[C@H](N)C(=O)N1CCCC1P(=O)(Oc1ccccc1)Oc1ccccc1. The second-order valence-electron chi connectivity index (χ2n) is 7.39. The number of likely N-dealkylation sites (tertiary alicyclic amines) is 1. The van der Waals surface area contributed by atoms with Gasteiger partial charge in [0, 0.05) is 6.54 Å². The Kier molecular flexibility index (Phi) is 7.91. The minimum Gasteiger partial charge on any atom is -0.415 e. The van der Waals surface area contributed by atoms with E-state index in [1.807, 2.05) is 12.1 Å². The molecule has 2 aromatic carbocycles. The van der Waals surface area contributed by atoms with Crippen LogP contribution in [0.15, 0.2) is 60.7 Å². The van der Waals surface area contributed by atoms with Gasteiger partial charge in [-0.3, -0.25) is 4.79 Å². The summed E-state index contributed by atoms with van der Waals surface area (Å²) in [7, 11) is -3.76. The summed E-state index contributed by atoms with van der Waals surface area (Å²) in [4.78, 5) is 14.6. The number of amides is 1. The van der Waals surface area contributed by atoms with Crippen LogP contribution in [-0.2, 0) is 9.36 Å². The quantitative estimate of drug-likeness (QED) is 0.438. The molecule has 0 saturated carbocycles. The average molecular weight is 431 g/mol. The molecular weight excluding hydrogens is 401 g/mol. The number of benzene rings is 2.